The molecule has 0 aromatic carbocycles. The molecular formula is C21H26O5. The highest BCUT2D eigenvalue weighted by molar-refractivity contribution is 5.89. The fraction of sp³-hybridized carbons (Fsp3) is 0.524. The molecule has 1 saturated heterocycles. The van der Waals surface area contributed by atoms with Crippen molar-refractivity contribution in [2.24, 2.45) is 17.3 Å². The molecule has 1 aromatic rings. The molecule has 26 heavy (non-hydrogen) atoms. The molecule has 0 amide bonds. The summed E-state index contributed by atoms with van der Waals surface area (Å²) in [5.74, 6) is -0.630. The molecule has 140 valence electrons. The summed E-state index contributed by atoms with van der Waals surface area (Å²) in [6.45, 7) is 4.16. The van der Waals surface area contributed by atoms with Gasteiger partial charge in [0.15, 0.2) is 0 Å². The third-order valence-electron chi connectivity index (χ3n) is 5.79. The molecule has 0 spiro atoms. The number of esters is 2. The summed E-state index contributed by atoms with van der Waals surface area (Å²) >= 11 is 0. The summed E-state index contributed by atoms with van der Waals surface area (Å²) in [6.07, 6.45) is 11.7. The van der Waals surface area contributed by atoms with Crippen LogP contribution in [-0.2, 0) is 19.1 Å². The summed E-state index contributed by atoms with van der Waals surface area (Å²) < 4.78 is 15.8. The van der Waals surface area contributed by atoms with Crippen LogP contribution in [0.4, 0.5) is 0 Å². The molecule has 2 aliphatic rings. The van der Waals surface area contributed by atoms with Gasteiger partial charge in [0.05, 0.1) is 25.6 Å². The topological polar surface area (TPSA) is 65.7 Å². The molecule has 0 radical (unpaired) electrons. The highest BCUT2D eigenvalue weighted by Crippen LogP contribution is 2.49. The number of rotatable bonds is 2. The number of fused-ring (bicyclic) bond motifs is 1. The van der Waals surface area contributed by atoms with Crippen LogP contribution in [0.15, 0.2) is 46.8 Å². The molecule has 1 aliphatic carbocycles. The molecule has 1 unspecified atom stereocenters. The van der Waals surface area contributed by atoms with E-state index in [4.69, 9.17) is 13.9 Å². The second kappa shape index (κ2) is 7.52. The molecule has 0 N–H and O–H groups in total. The lowest BCUT2D eigenvalue weighted by Crippen LogP contribution is -2.42. The van der Waals surface area contributed by atoms with Crippen molar-refractivity contribution < 1.29 is 23.5 Å². The Bertz CT molecular complexity index is 715. The van der Waals surface area contributed by atoms with Gasteiger partial charge in [-0.2, -0.15) is 0 Å². The second-order valence-electron chi connectivity index (χ2n) is 7.62. The monoisotopic (exact) mass is 358 g/mol. The van der Waals surface area contributed by atoms with Gasteiger partial charge in [-0.25, -0.2) is 4.79 Å². The van der Waals surface area contributed by atoms with E-state index in [1.807, 2.05) is 31.2 Å². The van der Waals surface area contributed by atoms with E-state index in [2.05, 4.69) is 6.92 Å². The third-order valence-corrected chi connectivity index (χ3v) is 5.79. The molecule has 1 aromatic heterocycles. The number of cyclic esters (lactones) is 1. The average molecular weight is 358 g/mol. The Morgan fingerprint density at radius 1 is 1.35 bits per heavy atom. The molecule has 1 fully saturated rings. The molecule has 2 heterocycles. The first kappa shape index (κ1) is 18.5. The van der Waals surface area contributed by atoms with Crippen molar-refractivity contribution in [2.45, 2.75) is 45.6 Å². The Morgan fingerprint density at radius 3 is 2.85 bits per heavy atom. The normalized spacial score (nSPS) is 35.4. The molecule has 5 heteroatoms. The molecular weight excluding hydrogens is 332 g/mol. The third kappa shape index (κ3) is 3.62. The van der Waals surface area contributed by atoms with Crippen LogP contribution in [0, 0.1) is 17.3 Å². The van der Waals surface area contributed by atoms with E-state index >= 15 is 0 Å². The van der Waals surface area contributed by atoms with Crippen LogP contribution in [0.25, 0.3) is 0 Å². The summed E-state index contributed by atoms with van der Waals surface area (Å²) in [7, 11) is 1.39. The van der Waals surface area contributed by atoms with Crippen molar-refractivity contribution in [3.63, 3.8) is 0 Å². The Labute approximate surface area is 154 Å². The Kier molecular flexibility index (Phi) is 5.35. The van der Waals surface area contributed by atoms with E-state index in [1.165, 1.54) is 7.11 Å². The fourth-order valence-electron chi connectivity index (χ4n) is 4.08. The van der Waals surface area contributed by atoms with Gasteiger partial charge in [-0.05, 0) is 43.1 Å². The maximum atomic E-state index is 12.8. The van der Waals surface area contributed by atoms with Gasteiger partial charge in [0.1, 0.15) is 6.10 Å². The van der Waals surface area contributed by atoms with Gasteiger partial charge in [0, 0.05) is 11.1 Å². The Hall–Kier alpha value is -2.30. The zero-order chi connectivity index (χ0) is 18.7. The van der Waals surface area contributed by atoms with E-state index in [0.29, 0.717) is 12.0 Å². The number of furan rings is 1. The Balaban J connectivity index is 1.87. The number of carbonyl (C=O) groups excluding carboxylic acids is 2. The van der Waals surface area contributed by atoms with Crippen LogP contribution in [0.5, 0.6) is 0 Å². The van der Waals surface area contributed by atoms with Crippen LogP contribution < -0.4 is 0 Å². The van der Waals surface area contributed by atoms with E-state index in [-0.39, 0.29) is 35.3 Å². The van der Waals surface area contributed by atoms with E-state index in [9.17, 15) is 9.59 Å². The first-order valence-electron chi connectivity index (χ1n) is 9.12. The zero-order valence-corrected chi connectivity index (χ0v) is 15.6. The van der Waals surface area contributed by atoms with Crippen molar-refractivity contribution in [3.05, 3.63) is 48.0 Å². The van der Waals surface area contributed by atoms with Crippen molar-refractivity contribution in [2.75, 3.05) is 7.11 Å². The first-order chi connectivity index (χ1) is 12.4. The van der Waals surface area contributed by atoms with Gasteiger partial charge in [0.2, 0.25) is 0 Å². The van der Waals surface area contributed by atoms with E-state index in [0.717, 1.165) is 24.8 Å². The second-order valence-corrected chi connectivity index (χ2v) is 7.62. The number of methoxy groups -OCH3 is 1. The van der Waals surface area contributed by atoms with Gasteiger partial charge in [-0.1, -0.05) is 32.1 Å². The van der Waals surface area contributed by atoms with E-state index in [1.54, 1.807) is 12.5 Å². The molecule has 0 saturated carbocycles. The standard InChI is InChI=1S/C21H26O5/c1-14-7-8-17-20(23)26-18(15-9-11-25-13-15)12-21(17,2)10-5-4-6-16(14)19(22)24-3/h4-6,9,11,13-14,17-18H,7-8,10,12H2,1-3H3/b5-4-,16-6+/t14-,17+,18?,21+/m1/s1. The van der Waals surface area contributed by atoms with E-state index < -0.39 is 0 Å². The minimum atomic E-state index is -0.309. The zero-order valence-electron chi connectivity index (χ0n) is 15.6. The predicted octanol–water partition coefficient (Wildman–Crippen LogP) is 4.37. The van der Waals surface area contributed by atoms with Gasteiger partial charge in [-0.3, -0.25) is 4.79 Å². The van der Waals surface area contributed by atoms with Crippen LogP contribution in [0.2, 0.25) is 0 Å². The molecule has 1 aliphatic heterocycles. The smallest absolute Gasteiger partial charge is 0.333 e. The average Bonchev–Trinajstić information content (AvgIpc) is 3.14. The first-order valence-corrected chi connectivity index (χ1v) is 9.12. The summed E-state index contributed by atoms with van der Waals surface area (Å²) in [4.78, 5) is 24.8. The number of hydrogen-bond acceptors (Lipinski definition) is 5. The maximum absolute atomic E-state index is 12.8. The van der Waals surface area contributed by atoms with Crippen LogP contribution in [0.3, 0.4) is 0 Å². The number of ether oxygens (including phenoxy) is 2. The minimum Gasteiger partial charge on any atom is -0.472 e. The number of carbonyl (C=O) groups is 2. The van der Waals surface area contributed by atoms with Crippen LogP contribution in [-0.4, -0.2) is 19.0 Å². The summed E-state index contributed by atoms with van der Waals surface area (Å²) in [5, 5.41) is 0. The fourth-order valence-corrected chi connectivity index (χ4v) is 4.08. The molecule has 3 rings (SSSR count). The van der Waals surface area contributed by atoms with Crippen molar-refractivity contribution in [3.8, 4) is 0 Å². The lowest BCUT2D eigenvalue weighted by Gasteiger charge is -2.43. The van der Waals surface area contributed by atoms with Crippen molar-refractivity contribution in [1.82, 2.24) is 0 Å². The van der Waals surface area contributed by atoms with Crippen LogP contribution >= 0.6 is 0 Å². The van der Waals surface area contributed by atoms with Gasteiger partial charge >= 0.3 is 11.9 Å². The quantitative estimate of drug-likeness (QED) is 0.735. The summed E-state index contributed by atoms with van der Waals surface area (Å²) in [5.41, 5.74) is 1.36. The highest BCUT2D eigenvalue weighted by atomic mass is 16.5. The molecule has 5 nitrogen and oxygen atoms in total. The van der Waals surface area contributed by atoms with Crippen molar-refractivity contribution in [1.29, 1.82) is 0 Å². The lowest BCUT2D eigenvalue weighted by molar-refractivity contribution is -0.173. The predicted molar refractivity (Wildman–Crippen MR) is 96.0 cm³/mol. The van der Waals surface area contributed by atoms with Crippen LogP contribution in [0.1, 0.15) is 51.2 Å². The highest BCUT2D eigenvalue weighted by Gasteiger charge is 2.46. The minimum absolute atomic E-state index is 0.0221. The van der Waals surface area contributed by atoms with Crippen molar-refractivity contribution >= 4 is 11.9 Å². The lowest BCUT2D eigenvalue weighted by atomic mass is 9.66. The number of allylic oxidation sites excluding steroid dienone is 3. The molecule has 4 atom stereocenters. The summed E-state index contributed by atoms with van der Waals surface area (Å²) in [6, 6.07) is 1.85. The molecule has 0 bridgehead atoms. The van der Waals surface area contributed by atoms with Gasteiger partial charge in [0.25, 0.3) is 0 Å². The maximum Gasteiger partial charge on any atom is 0.333 e. The largest absolute Gasteiger partial charge is 0.472 e. The Morgan fingerprint density at radius 2 is 2.15 bits per heavy atom. The van der Waals surface area contributed by atoms with Gasteiger partial charge in [-0.15, -0.1) is 0 Å². The number of hydrogen-bond donors (Lipinski definition) is 0. The van der Waals surface area contributed by atoms with Gasteiger partial charge < -0.3 is 13.9 Å². The SMILES string of the molecule is COC(=O)/C1=C/C=C\C[C@@]2(C)CC(c3ccoc3)OC(=O)[C@@H]2CC[C@H]1C.